The summed E-state index contributed by atoms with van der Waals surface area (Å²) in [6.45, 7) is 0.137. The molecule has 32 heavy (non-hydrogen) atoms. The summed E-state index contributed by atoms with van der Waals surface area (Å²) in [5, 5.41) is 16.7. The topological polar surface area (TPSA) is 175 Å². The molecule has 0 atom stereocenters. The van der Waals surface area contributed by atoms with E-state index in [0.29, 0.717) is 28.2 Å². The fourth-order valence-electron chi connectivity index (χ4n) is 3.15. The maximum Gasteiger partial charge on any atom is 0.303 e. The zero-order valence-corrected chi connectivity index (χ0v) is 16.6. The highest BCUT2D eigenvalue weighted by atomic mass is 16.5. The molecule has 3 aromatic rings. The van der Waals surface area contributed by atoms with Crippen LogP contribution in [0.25, 0.3) is 11.0 Å². The number of carbonyl (C=O) groups is 4. The summed E-state index contributed by atoms with van der Waals surface area (Å²) in [6.07, 6.45) is 2.17. The highest BCUT2D eigenvalue weighted by Crippen LogP contribution is 2.28. The van der Waals surface area contributed by atoms with Crippen molar-refractivity contribution in [3.05, 3.63) is 42.0 Å². The van der Waals surface area contributed by atoms with Crippen molar-refractivity contribution >= 4 is 46.1 Å². The molecule has 3 heterocycles. The highest BCUT2D eigenvalue weighted by Gasteiger charge is 2.19. The minimum Gasteiger partial charge on any atom is -0.482 e. The first-order valence-corrected chi connectivity index (χ1v) is 9.58. The Labute approximate surface area is 180 Å². The number of carbonyl (C=O) groups excluding carboxylic acids is 3. The smallest absolute Gasteiger partial charge is 0.303 e. The third-order valence-electron chi connectivity index (χ3n) is 4.65. The molecule has 164 valence electrons. The lowest BCUT2D eigenvalue weighted by Crippen LogP contribution is -2.26. The fraction of sp³-hybridized carbons (Fsp3) is 0.200. The number of aliphatic carboxylic acids is 1. The number of ether oxygens (including phenoxy) is 1. The van der Waals surface area contributed by atoms with Crippen LogP contribution in [-0.4, -0.2) is 50.4 Å². The van der Waals surface area contributed by atoms with Gasteiger partial charge < -0.3 is 30.8 Å². The molecule has 5 N–H and O–H groups in total. The predicted octanol–water partition coefficient (Wildman–Crippen LogP) is 1.02. The van der Waals surface area contributed by atoms with Gasteiger partial charge in [0, 0.05) is 19.2 Å². The van der Waals surface area contributed by atoms with Gasteiger partial charge in [0.05, 0.1) is 23.3 Å². The van der Waals surface area contributed by atoms with Crippen molar-refractivity contribution in [2.24, 2.45) is 0 Å². The third kappa shape index (κ3) is 4.48. The van der Waals surface area contributed by atoms with Crippen LogP contribution >= 0.6 is 0 Å². The lowest BCUT2D eigenvalue weighted by molar-refractivity contribution is -0.138. The van der Waals surface area contributed by atoms with E-state index >= 15 is 0 Å². The van der Waals surface area contributed by atoms with Crippen LogP contribution in [0.5, 0.6) is 5.75 Å². The van der Waals surface area contributed by atoms with Crippen molar-refractivity contribution in [2.45, 2.75) is 19.4 Å². The Balaban J connectivity index is 1.45. The van der Waals surface area contributed by atoms with Crippen LogP contribution in [0.2, 0.25) is 0 Å². The van der Waals surface area contributed by atoms with Gasteiger partial charge in [0.1, 0.15) is 17.6 Å². The Bertz CT molecular complexity index is 1240. The van der Waals surface area contributed by atoms with Gasteiger partial charge in [-0.15, -0.1) is 0 Å². The summed E-state index contributed by atoms with van der Waals surface area (Å²) in [4.78, 5) is 57.7. The second kappa shape index (κ2) is 8.71. The number of aromatic nitrogens is 3. The van der Waals surface area contributed by atoms with Crippen molar-refractivity contribution in [1.29, 1.82) is 0 Å². The fourth-order valence-corrected chi connectivity index (χ4v) is 3.15. The average Bonchev–Trinajstić information content (AvgIpc) is 3.18. The number of nitrogens with one attached hydrogen (secondary N) is 4. The van der Waals surface area contributed by atoms with Crippen LogP contribution in [0.4, 0.5) is 11.4 Å². The van der Waals surface area contributed by atoms with E-state index in [9.17, 15) is 19.2 Å². The van der Waals surface area contributed by atoms with Gasteiger partial charge in [-0.2, -0.15) is 0 Å². The van der Waals surface area contributed by atoms with Gasteiger partial charge in [0.2, 0.25) is 5.91 Å². The van der Waals surface area contributed by atoms with E-state index < -0.39 is 17.8 Å². The van der Waals surface area contributed by atoms with Crippen molar-refractivity contribution in [3.8, 4) is 5.75 Å². The minimum absolute atomic E-state index is 0.0368. The van der Waals surface area contributed by atoms with E-state index in [4.69, 9.17) is 9.84 Å². The molecule has 12 nitrogen and oxygen atoms in total. The molecular formula is C20H18N6O6. The molecule has 0 bridgehead atoms. The Morgan fingerprint density at radius 2 is 2.03 bits per heavy atom. The van der Waals surface area contributed by atoms with E-state index in [-0.39, 0.29) is 37.6 Å². The number of aromatic amines is 1. The molecule has 0 saturated heterocycles. The molecular weight excluding hydrogens is 420 g/mol. The Morgan fingerprint density at radius 3 is 2.84 bits per heavy atom. The van der Waals surface area contributed by atoms with Crippen LogP contribution < -0.4 is 20.7 Å². The van der Waals surface area contributed by atoms with Gasteiger partial charge in [-0.25, -0.2) is 9.97 Å². The number of nitrogens with zero attached hydrogens (tertiary/aromatic N) is 2. The summed E-state index contributed by atoms with van der Waals surface area (Å²) < 4.78 is 5.31. The summed E-state index contributed by atoms with van der Waals surface area (Å²) in [6, 6.07) is 5.19. The van der Waals surface area contributed by atoms with Gasteiger partial charge in [-0.05, 0) is 17.7 Å². The lowest BCUT2D eigenvalue weighted by atomic mass is 10.1. The molecule has 0 aliphatic carbocycles. The first kappa shape index (κ1) is 20.8. The molecule has 0 radical (unpaired) electrons. The number of anilines is 2. The largest absolute Gasteiger partial charge is 0.482 e. The van der Waals surface area contributed by atoms with E-state index in [0.717, 1.165) is 5.56 Å². The molecule has 1 aliphatic heterocycles. The molecule has 3 amide bonds. The number of H-pyrrole nitrogens is 1. The van der Waals surface area contributed by atoms with Gasteiger partial charge in [0.25, 0.3) is 11.8 Å². The monoisotopic (exact) mass is 438 g/mol. The van der Waals surface area contributed by atoms with Crippen molar-refractivity contribution in [3.63, 3.8) is 0 Å². The molecule has 0 saturated carbocycles. The number of carboxylic acid groups (broad SMARTS) is 1. The first-order valence-electron chi connectivity index (χ1n) is 9.58. The van der Waals surface area contributed by atoms with Crippen molar-refractivity contribution in [2.75, 3.05) is 17.2 Å². The van der Waals surface area contributed by atoms with Crippen LogP contribution in [-0.2, 0) is 20.9 Å². The average molecular weight is 438 g/mol. The Kier molecular flexibility index (Phi) is 5.66. The molecule has 0 fully saturated rings. The number of hydrogen-bond acceptors (Lipinski definition) is 7. The van der Waals surface area contributed by atoms with Gasteiger partial charge in [0.15, 0.2) is 12.3 Å². The Hall–Kier alpha value is -4.48. The molecule has 12 heteroatoms. The zero-order valence-electron chi connectivity index (χ0n) is 16.6. The van der Waals surface area contributed by atoms with Crippen LogP contribution in [0, 0.1) is 0 Å². The highest BCUT2D eigenvalue weighted by molar-refractivity contribution is 6.08. The number of rotatable bonds is 7. The normalized spacial score (nSPS) is 12.4. The molecule has 0 spiro atoms. The number of fused-ring (bicyclic) bond motifs is 2. The molecule has 1 aromatic carbocycles. The lowest BCUT2D eigenvalue weighted by Gasteiger charge is -2.18. The second-order valence-electron chi connectivity index (χ2n) is 6.94. The van der Waals surface area contributed by atoms with Gasteiger partial charge >= 0.3 is 5.97 Å². The maximum atomic E-state index is 12.7. The first-order chi connectivity index (χ1) is 15.4. The van der Waals surface area contributed by atoms with Gasteiger partial charge in [-0.3, -0.25) is 19.2 Å². The number of hydrogen-bond donors (Lipinski definition) is 5. The number of carboxylic acids is 1. The number of amides is 3. The van der Waals surface area contributed by atoms with E-state index in [1.165, 1.54) is 12.5 Å². The summed E-state index contributed by atoms with van der Waals surface area (Å²) in [5.41, 5.74) is 2.32. The minimum atomic E-state index is -1.07. The quantitative estimate of drug-likeness (QED) is 0.363. The predicted molar refractivity (Wildman–Crippen MR) is 111 cm³/mol. The summed E-state index contributed by atoms with van der Waals surface area (Å²) in [5.74, 6) is -1.72. The van der Waals surface area contributed by atoms with Crippen LogP contribution in [0.3, 0.4) is 0 Å². The number of benzene rings is 1. The van der Waals surface area contributed by atoms with Crippen LogP contribution in [0.15, 0.2) is 30.7 Å². The second-order valence-corrected chi connectivity index (χ2v) is 6.94. The Morgan fingerprint density at radius 1 is 1.19 bits per heavy atom. The van der Waals surface area contributed by atoms with E-state index in [1.54, 1.807) is 18.2 Å². The summed E-state index contributed by atoms with van der Waals surface area (Å²) >= 11 is 0. The zero-order chi connectivity index (χ0) is 22.7. The van der Waals surface area contributed by atoms with Crippen LogP contribution in [0.1, 0.15) is 28.9 Å². The SMILES string of the molecule is O=C(O)CCC(=O)Nc1c[nH]c2c(C(=O)NCc3ccc4c(c3)NC(=O)CO4)ncnc12. The van der Waals surface area contributed by atoms with Crippen molar-refractivity contribution < 1.29 is 29.0 Å². The van der Waals surface area contributed by atoms with E-state index in [1.807, 2.05) is 0 Å². The molecule has 2 aromatic heterocycles. The molecule has 4 rings (SSSR count). The van der Waals surface area contributed by atoms with E-state index in [2.05, 4.69) is 30.9 Å². The standard InChI is InChI=1S/C20H18N6O6/c27-14(3-4-16(29)30)26-12-7-21-18-17(12)23-9-24-19(18)20(31)22-6-10-1-2-13-11(5-10)25-15(28)8-32-13/h1-2,5,7,9,21H,3-4,6,8H2,(H,22,31)(H,25,28)(H,26,27)(H,29,30). The van der Waals surface area contributed by atoms with Gasteiger partial charge in [-0.1, -0.05) is 6.07 Å². The third-order valence-corrected chi connectivity index (χ3v) is 4.65. The molecule has 1 aliphatic rings. The molecule has 0 unspecified atom stereocenters. The summed E-state index contributed by atoms with van der Waals surface area (Å²) in [7, 11) is 0. The van der Waals surface area contributed by atoms with Crippen molar-refractivity contribution in [1.82, 2.24) is 20.3 Å². The maximum absolute atomic E-state index is 12.7.